The standard InChI is InChI=1S/C17H14ClN3O2/c1-23-12-7-8-14(18)13(9-12)17(22)19-16-10-15(20-21-16)11-5-3-2-4-6-11/h2-10H,1H3,(H2,19,20,21,22). The van der Waals surface area contributed by atoms with Crippen LogP contribution in [-0.4, -0.2) is 23.2 Å². The Labute approximate surface area is 138 Å². The van der Waals surface area contributed by atoms with Gasteiger partial charge in [-0.15, -0.1) is 0 Å². The number of methoxy groups -OCH3 is 1. The highest BCUT2D eigenvalue weighted by atomic mass is 35.5. The Balaban J connectivity index is 1.80. The Hall–Kier alpha value is -2.79. The van der Waals surface area contributed by atoms with Crippen LogP contribution in [0.2, 0.25) is 5.02 Å². The summed E-state index contributed by atoms with van der Waals surface area (Å²) in [5.41, 5.74) is 2.13. The molecule has 1 aromatic heterocycles. The number of benzene rings is 2. The van der Waals surface area contributed by atoms with Crippen LogP contribution in [0.25, 0.3) is 11.3 Å². The van der Waals surface area contributed by atoms with E-state index in [2.05, 4.69) is 15.5 Å². The Morgan fingerprint density at radius 2 is 1.96 bits per heavy atom. The first-order valence-corrected chi connectivity index (χ1v) is 7.31. The maximum Gasteiger partial charge on any atom is 0.258 e. The minimum atomic E-state index is -0.347. The average molecular weight is 328 g/mol. The van der Waals surface area contributed by atoms with Crippen LogP contribution in [0.4, 0.5) is 5.82 Å². The Morgan fingerprint density at radius 1 is 1.17 bits per heavy atom. The summed E-state index contributed by atoms with van der Waals surface area (Å²) in [5.74, 6) is 0.638. The molecule has 1 heterocycles. The fraction of sp³-hybridized carbons (Fsp3) is 0.0588. The number of aromatic nitrogens is 2. The first-order chi connectivity index (χ1) is 11.2. The van der Waals surface area contributed by atoms with E-state index in [0.717, 1.165) is 11.3 Å². The second-order valence-corrected chi connectivity index (χ2v) is 5.24. The number of amides is 1. The molecule has 2 N–H and O–H groups in total. The Morgan fingerprint density at radius 3 is 2.70 bits per heavy atom. The van der Waals surface area contributed by atoms with E-state index in [1.165, 1.54) is 7.11 Å². The number of hydrogen-bond acceptors (Lipinski definition) is 3. The molecule has 5 nitrogen and oxygen atoms in total. The molecule has 0 atom stereocenters. The summed E-state index contributed by atoms with van der Waals surface area (Å²) in [7, 11) is 1.53. The van der Waals surface area contributed by atoms with Crippen LogP contribution in [0.15, 0.2) is 54.6 Å². The zero-order valence-corrected chi connectivity index (χ0v) is 13.1. The molecule has 0 fully saturated rings. The summed E-state index contributed by atoms with van der Waals surface area (Å²) in [5, 5.41) is 10.1. The van der Waals surface area contributed by atoms with Gasteiger partial charge >= 0.3 is 0 Å². The van der Waals surface area contributed by atoms with Crippen molar-refractivity contribution in [2.75, 3.05) is 12.4 Å². The highest BCUT2D eigenvalue weighted by Gasteiger charge is 2.13. The normalized spacial score (nSPS) is 10.3. The van der Waals surface area contributed by atoms with Crippen molar-refractivity contribution < 1.29 is 9.53 Å². The number of nitrogens with one attached hydrogen (secondary N) is 2. The molecule has 3 aromatic rings. The van der Waals surface area contributed by atoms with E-state index < -0.39 is 0 Å². The molecule has 116 valence electrons. The predicted octanol–water partition coefficient (Wildman–Crippen LogP) is 3.99. The molecule has 0 aliphatic rings. The van der Waals surface area contributed by atoms with Crippen molar-refractivity contribution in [3.05, 3.63) is 65.2 Å². The van der Waals surface area contributed by atoms with Gasteiger partial charge in [0.2, 0.25) is 0 Å². The lowest BCUT2D eigenvalue weighted by molar-refractivity contribution is 0.102. The van der Waals surface area contributed by atoms with Crippen LogP contribution >= 0.6 is 11.6 Å². The molecule has 0 aliphatic heterocycles. The van der Waals surface area contributed by atoms with E-state index in [9.17, 15) is 4.79 Å². The molecule has 0 saturated heterocycles. The fourth-order valence-electron chi connectivity index (χ4n) is 2.14. The van der Waals surface area contributed by atoms with Crippen molar-refractivity contribution in [1.29, 1.82) is 0 Å². The number of aromatic amines is 1. The number of hydrogen-bond donors (Lipinski definition) is 2. The summed E-state index contributed by atoms with van der Waals surface area (Å²) in [6, 6.07) is 16.4. The average Bonchev–Trinajstić information content (AvgIpc) is 3.04. The van der Waals surface area contributed by atoms with E-state index in [4.69, 9.17) is 16.3 Å². The van der Waals surface area contributed by atoms with Gasteiger partial charge in [0.15, 0.2) is 5.82 Å². The lowest BCUT2D eigenvalue weighted by atomic mass is 10.1. The maximum atomic E-state index is 12.3. The molecule has 0 radical (unpaired) electrons. The second-order valence-electron chi connectivity index (χ2n) is 4.83. The number of nitrogens with zero attached hydrogens (tertiary/aromatic N) is 1. The molecule has 0 unspecified atom stereocenters. The number of rotatable bonds is 4. The number of H-pyrrole nitrogens is 1. The first-order valence-electron chi connectivity index (χ1n) is 6.93. The number of anilines is 1. The predicted molar refractivity (Wildman–Crippen MR) is 90.0 cm³/mol. The van der Waals surface area contributed by atoms with Gasteiger partial charge in [0.05, 0.1) is 23.4 Å². The number of carbonyl (C=O) groups is 1. The Bertz CT molecular complexity index is 831. The summed E-state index contributed by atoms with van der Waals surface area (Å²) >= 11 is 6.07. The van der Waals surface area contributed by atoms with E-state index >= 15 is 0 Å². The largest absolute Gasteiger partial charge is 0.497 e. The van der Waals surface area contributed by atoms with Gasteiger partial charge in [0, 0.05) is 6.07 Å². The minimum absolute atomic E-state index is 0.329. The molecule has 0 bridgehead atoms. The maximum absolute atomic E-state index is 12.3. The van der Waals surface area contributed by atoms with Crippen molar-refractivity contribution in [2.24, 2.45) is 0 Å². The van der Waals surface area contributed by atoms with Gasteiger partial charge in [-0.1, -0.05) is 41.9 Å². The molecular formula is C17H14ClN3O2. The van der Waals surface area contributed by atoms with Crippen LogP contribution in [-0.2, 0) is 0 Å². The molecule has 23 heavy (non-hydrogen) atoms. The third-order valence-electron chi connectivity index (χ3n) is 3.32. The third kappa shape index (κ3) is 3.35. The topological polar surface area (TPSA) is 67.0 Å². The molecule has 1 amide bonds. The molecule has 0 saturated carbocycles. The molecule has 0 spiro atoms. The molecular weight excluding hydrogens is 314 g/mol. The fourth-order valence-corrected chi connectivity index (χ4v) is 2.34. The van der Waals surface area contributed by atoms with Crippen molar-refractivity contribution in [3.63, 3.8) is 0 Å². The van der Waals surface area contributed by atoms with Crippen molar-refractivity contribution in [3.8, 4) is 17.0 Å². The van der Waals surface area contributed by atoms with Crippen molar-refractivity contribution in [1.82, 2.24) is 10.2 Å². The molecule has 2 aromatic carbocycles. The Kier molecular flexibility index (Phi) is 4.30. The quantitative estimate of drug-likeness (QED) is 0.761. The summed E-state index contributed by atoms with van der Waals surface area (Å²) in [6.07, 6.45) is 0. The second kappa shape index (κ2) is 6.54. The lowest BCUT2D eigenvalue weighted by Gasteiger charge is -2.06. The van der Waals surface area contributed by atoms with Crippen molar-refractivity contribution >= 4 is 23.3 Å². The van der Waals surface area contributed by atoms with Crippen LogP contribution < -0.4 is 10.1 Å². The SMILES string of the molecule is COc1ccc(Cl)c(C(=O)Nc2cc(-c3ccccc3)[nH]n2)c1. The molecule has 3 rings (SSSR count). The van der Waals surface area contributed by atoms with Crippen LogP contribution in [0.5, 0.6) is 5.75 Å². The smallest absolute Gasteiger partial charge is 0.258 e. The monoisotopic (exact) mass is 327 g/mol. The van der Waals surface area contributed by atoms with E-state index in [1.54, 1.807) is 24.3 Å². The third-order valence-corrected chi connectivity index (χ3v) is 3.65. The zero-order valence-electron chi connectivity index (χ0n) is 12.3. The van der Waals surface area contributed by atoms with E-state index in [0.29, 0.717) is 22.2 Å². The highest BCUT2D eigenvalue weighted by molar-refractivity contribution is 6.34. The van der Waals surface area contributed by atoms with Gasteiger partial charge in [-0.3, -0.25) is 9.89 Å². The number of ether oxygens (including phenoxy) is 1. The van der Waals surface area contributed by atoms with E-state index in [-0.39, 0.29) is 5.91 Å². The van der Waals surface area contributed by atoms with Crippen molar-refractivity contribution in [2.45, 2.75) is 0 Å². The number of carbonyl (C=O) groups excluding carboxylic acids is 1. The van der Waals surface area contributed by atoms with Gasteiger partial charge in [-0.25, -0.2) is 0 Å². The van der Waals surface area contributed by atoms with Crippen LogP contribution in [0.1, 0.15) is 10.4 Å². The van der Waals surface area contributed by atoms with Gasteiger partial charge in [0.1, 0.15) is 5.75 Å². The van der Waals surface area contributed by atoms with Crippen LogP contribution in [0, 0.1) is 0 Å². The molecule has 0 aliphatic carbocycles. The summed E-state index contributed by atoms with van der Waals surface area (Å²) in [4.78, 5) is 12.3. The van der Waals surface area contributed by atoms with Gasteiger partial charge in [0.25, 0.3) is 5.91 Å². The van der Waals surface area contributed by atoms with Gasteiger partial charge in [-0.2, -0.15) is 5.10 Å². The number of halogens is 1. The van der Waals surface area contributed by atoms with Crippen LogP contribution in [0.3, 0.4) is 0 Å². The summed E-state index contributed by atoms with van der Waals surface area (Å²) in [6.45, 7) is 0. The molecule has 6 heteroatoms. The zero-order chi connectivity index (χ0) is 16.2. The van der Waals surface area contributed by atoms with Gasteiger partial charge < -0.3 is 10.1 Å². The summed E-state index contributed by atoms with van der Waals surface area (Å²) < 4.78 is 5.11. The first kappa shape index (κ1) is 15.1. The minimum Gasteiger partial charge on any atom is -0.497 e. The lowest BCUT2D eigenvalue weighted by Crippen LogP contribution is -2.12. The highest BCUT2D eigenvalue weighted by Crippen LogP contribution is 2.24. The van der Waals surface area contributed by atoms with E-state index in [1.807, 2.05) is 30.3 Å². The van der Waals surface area contributed by atoms with Gasteiger partial charge in [-0.05, 0) is 23.8 Å².